The zero-order valence-electron chi connectivity index (χ0n) is 18.9. The zero-order valence-corrected chi connectivity index (χ0v) is 18.9. The van der Waals surface area contributed by atoms with E-state index in [9.17, 15) is 14.0 Å². The summed E-state index contributed by atoms with van der Waals surface area (Å²) in [7, 11) is 0. The van der Waals surface area contributed by atoms with Crippen LogP contribution in [-0.4, -0.2) is 55.5 Å². The molecule has 3 aromatic heterocycles. The number of piperidine rings is 1. The minimum Gasteiger partial charge on any atom is -0.347 e. The first-order valence-corrected chi connectivity index (χ1v) is 10.8. The van der Waals surface area contributed by atoms with Crippen molar-refractivity contribution in [3.05, 3.63) is 54.1 Å². The van der Waals surface area contributed by atoms with Crippen molar-refractivity contribution < 1.29 is 14.0 Å². The summed E-state index contributed by atoms with van der Waals surface area (Å²) in [5.41, 5.74) is 0.737. The van der Waals surface area contributed by atoms with E-state index in [1.165, 1.54) is 6.20 Å². The second-order valence-electron chi connectivity index (χ2n) is 9.66. The lowest BCUT2D eigenvalue weighted by molar-refractivity contribution is 0.0503. The van der Waals surface area contributed by atoms with Crippen molar-refractivity contribution in [3.8, 4) is 5.69 Å². The van der Waals surface area contributed by atoms with Crippen molar-refractivity contribution in [2.45, 2.75) is 51.7 Å². The highest BCUT2D eigenvalue weighted by Crippen LogP contribution is 2.27. The molecular formula is C24H28FN5O2. The maximum atomic E-state index is 14.1. The number of nitrogens with zero attached hydrogens (tertiary/aromatic N) is 4. The molecule has 0 atom stereocenters. The zero-order chi connectivity index (χ0) is 23.1. The van der Waals surface area contributed by atoms with Crippen LogP contribution in [0.15, 0.2) is 43.0 Å². The third-order valence-electron chi connectivity index (χ3n) is 5.62. The fourth-order valence-corrected chi connectivity index (χ4v) is 3.80. The number of aromatic nitrogens is 3. The van der Waals surface area contributed by atoms with Gasteiger partial charge in [-0.15, -0.1) is 0 Å². The molecule has 0 radical (unpaired) electrons. The summed E-state index contributed by atoms with van der Waals surface area (Å²) in [5, 5.41) is 3.73. The summed E-state index contributed by atoms with van der Waals surface area (Å²) >= 11 is 0. The molecule has 0 aliphatic carbocycles. The first kappa shape index (κ1) is 21.9. The van der Waals surface area contributed by atoms with E-state index in [2.05, 4.69) is 15.3 Å². The van der Waals surface area contributed by atoms with Crippen LogP contribution in [0.4, 0.5) is 4.39 Å². The van der Waals surface area contributed by atoms with Crippen LogP contribution < -0.4 is 5.32 Å². The smallest absolute Gasteiger partial charge is 0.255 e. The molecule has 4 heterocycles. The van der Waals surface area contributed by atoms with Crippen molar-refractivity contribution in [1.29, 1.82) is 0 Å². The molecule has 0 bridgehead atoms. The monoisotopic (exact) mass is 437 g/mol. The Balaban J connectivity index is 1.58. The maximum Gasteiger partial charge on any atom is 0.255 e. The lowest BCUT2D eigenvalue weighted by Crippen LogP contribution is -2.43. The largest absolute Gasteiger partial charge is 0.347 e. The van der Waals surface area contributed by atoms with Gasteiger partial charge in [0.1, 0.15) is 11.3 Å². The average Bonchev–Trinajstić information content (AvgIpc) is 3.15. The molecule has 4 rings (SSSR count). The Morgan fingerprint density at radius 2 is 1.81 bits per heavy atom. The van der Waals surface area contributed by atoms with Gasteiger partial charge in [-0.2, -0.15) is 0 Å². The van der Waals surface area contributed by atoms with Crippen LogP contribution >= 0.6 is 0 Å². The van der Waals surface area contributed by atoms with Crippen molar-refractivity contribution in [2.75, 3.05) is 13.1 Å². The van der Waals surface area contributed by atoms with Crippen LogP contribution in [0, 0.1) is 0 Å². The molecule has 1 fully saturated rings. The number of pyridine rings is 2. The molecule has 8 heteroatoms. The number of carbonyl (C=O) groups is 2. The molecule has 2 amide bonds. The number of hydrogen-bond donors (Lipinski definition) is 1. The van der Waals surface area contributed by atoms with E-state index in [0.717, 1.165) is 5.39 Å². The Morgan fingerprint density at radius 3 is 2.50 bits per heavy atom. The molecule has 168 valence electrons. The topological polar surface area (TPSA) is 80.1 Å². The van der Waals surface area contributed by atoms with Crippen LogP contribution in [-0.2, 0) is 0 Å². The fourth-order valence-electron chi connectivity index (χ4n) is 3.80. The van der Waals surface area contributed by atoms with Gasteiger partial charge in [0.15, 0.2) is 0 Å². The first-order valence-electron chi connectivity index (χ1n) is 10.8. The van der Waals surface area contributed by atoms with Gasteiger partial charge in [-0.3, -0.25) is 19.1 Å². The van der Waals surface area contributed by atoms with E-state index >= 15 is 0 Å². The Hall–Kier alpha value is -3.29. The van der Waals surface area contributed by atoms with Crippen molar-refractivity contribution in [2.24, 2.45) is 0 Å². The van der Waals surface area contributed by atoms with Gasteiger partial charge >= 0.3 is 0 Å². The normalized spacial score (nSPS) is 16.2. The Morgan fingerprint density at radius 1 is 1.09 bits per heavy atom. The lowest BCUT2D eigenvalue weighted by atomic mass is 9.95. The number of fused-ring (bicyclic) bond motifs is 1. The molecule has 32 heavy (non-hydrogen) atoms. The van der Waals surface area contributed by atoms with E-state index in [-0.39, 0.29) is 17.4 Å². The van der Waals surface area contributed by atoms with Crippen LogP contribution in [0.3, 0.4) is 0 Å². The van der Waals surface area contributed by atoms with Gasteiger partial charge in [0.05, 0.1) is 23.0 Å². The van der Waals surface area contributed by atoms with E-state index in [0.29, 0.717) is 48.4 Å². The highest BCUT2D eigenvalue weighted by Gasteiger charge is 2.32. The van der Waals surface area contributed by atoms with Crippen molar-refractivity contribution in [3.63, 3.8) is 0 Å². The minimum absolute atomic E-state index is 0.134. The molecule has 3 aromatic rings. The second-order valence-corrected chi connectivity index (χ2v) is 9.66. The maximum absolute atomic E-state index is 14.1. The Kier molecular flexibility index (Phi) is 5.48. The number of rotatable bonds is 3. The molecule has 1 aliphatic heterocycles. The molecule has 0 saturated carbocycles. The number of halogens is 1. The fraction of sp³-hybridized carbons (Fsp3) is 0.417. The van der Waals surface area contributed by atoms with E-state index in [4.69, 9.17) is 0 Å². The van der Waals surface area contributed by atoms with Gasteiger partial charge in [0.2, 0.25) is 0 Å². The Labute approximate surface area is 186 Å². The predicted octanol–water partition coefficient (Wildman–Crippen LogP) is 3.91. The minimum atomic E-state index is -1.21. The standard InChI is InChI=1S/C24H28FN5O2/c1-23(2,3)28-21(31)17-12-19(15-26-13-17)30-8-5-16-11-18(14-27-20(16)30)22(32)29-9-6-24(4,25)7-10-29/h5,8,11-15H,6-7,9-10H2,1-4H3,(H,28,31). The molecule has 0 aromatic carbocycles. The van der Waals surface area contributed by atoms with Crippen molar-refractivity contribution in [1.82, 2.24) is 24.8 Å². The summed E-state index contributed by atoms with van der Waals surface area (Å²) < 4.78 is 15.9. The van der Waals surface area contributed by atoms with E-state index < -0.39 is 5.67 Å². The Bertz CT molecular complexity index is 1170. The number of carbonyl (C=O) groups excluding carboxylic acids is 2. The molecule has 1 N–H and O–H groups in total. The molecule has 0 spiro atoms. The second kappa shape index (κ2) is 8.00. The van der Waals surface area contributed by atoms with Crippen molar-refractivity contribution >= 4 is 22.8 Å². The van der Waals surface area contributed by atoms with Crippen LogP contribution in [0.25, 0.3) is 16.7 Å². The van der Waals surface area contributed by atoms with Crippen LogP contribution in [0.1, 0.15) is 61.3 Å². The summed E-state index contributed by atoms with van der Waals surface area (Å²) in [5.74, 6) is -0.333. The average molecular weight is 438 g/mol. The number of likely N-dealkylation sites (tertiary alicyclic amines) is 1. The summed E-state index contributed by atoms with van der Waals surface area (Å²) in [6.07, 6.45) is 7.27. The van der Waals surface area contributed by atoms with Gasteiger partial charge in [-0.1, -0.05) is 0 Å². The third kappa shape index (κ3) is 4.64. The number of nitrogens with one attached hydrogen (secondary N) is 1. The van der Waals surface area contributed by atoms with Gasteiger partial charge in [-0.25, -0.2) is 9.37 Å². The van der Waals surface area contributed by atoms with Crippen LogP contribution in [0.2, 0.25) is 0 Å². The molecule has 0 unspecified atom stereocenters. The molecular weight excluding hydrogens is 409 g/mol. The lowest BCUT2D eigenvalue weighted by Gasteiger charge is -2.34. The van der Waals surface area contributed by atoms with Gasteiger partial charge in [0.25, 0.3) is 11.8 Å². The van der Waals surface area contributed by atoms with Crippen LogP contribution in [0.5, 0.6) is 0 Å². The quantitative estimate of drug-likeness (QED) is 0.674. The number of alkyl halides is 1. The highest BCUT2D eigenvalue weighted by atomic mass is 19.1. The molecule has 1 saturated heterocycles. The SMILES string of the molecule is CC1(F)CCN(C(=O)c2cnc3c(ccn3-c3cncc(C(=O)NC(C)(C)C)c3)c2)CC1. The summed E-state index contributed by atoms with van der Waals surface area (Å²) in [6.45, 7) is 8.15. The third-order valence-corrected chi connectivity index (χ3v) is 5.62. The van der Waals surface area contributed by atoms with E-state index in [1.807, 2.05) is 37.6 Å². The summed E-state index contributed by atoms with van der Waals surface area (Å²) in [6, 6.07) is 5.43. The number of amides is 2. The highest BCUT2D eigenvalue weighted by molar-refractivity contribution is 5.97. The first-order chi connectivity index (χ1) is 15.0. The van der Waals surface area contributed by atoms with Gasteiger partial charge in [-0.05, 0) is 58.7 Å². The predicted molar refractivity (Wildman–Crippen MR) is 121 cm³/mol. The molecule has 1 aliphatic rings. The number of hydrogen-bond acceptors (Lipinski definition) is 4. The van der Waals surface area contributed by atoms with Gasteiger partial charge in [0, 0.05) is 42.6 Å². The summed E-state index contributed by atoms with van der Waals surface area (Å²) in [4.78, 5) is 35.8. The molecule has 7 nitrogen and oxygen atoms in total. The van der Waals surface area contributed by atoms with E-state index in [1.54, 1.807) is 36.4 Å². The van der Waals surface area contributed by atoms with Gasteiger partial charge < -0.3 is 10.2 Å².